The van der Waals surface area contributed by atoms with Gasteiger partial charge in [0.15, 0.2) is 0 Å². The van der Waals surface area contributed by atoms with Crippen LogP contribution in [0.5, 0.6) is 0 Å². The average molecular weight is 412 g/mol. The van der Waals surface area contributed by atoms with E-state index < -0.39 is 11.9 Å². The van der Waals surface area contributed by atoms with Gasteiger partial charge in [-0.15, -0.1) is 0 Å². The second-order valence-electron chi connectivity index (χ2n) is 5.20. The number of rotatable bonds is 7. The van der Waals surface area contributed by atoms with E-state index in [9.17, 15) is 9.59 Å². The molecule has 2 aromatic rings. The Morgan fingerprint density at radius 1 is 1.08 bits per heavy atom. The van der Waals surface area contributed by atoms with Crippen LogP contribution in [0.2, 0.25) is 0 Å². The van der Waals surface area contributed by atoms with Gasteiger partial charge >= 0.3 is 5.97 Å². The number of allylic oxidation sites excluding steroid dienone is 2. The molecule has 0 atom stereocenters. The fraction of sp³-hybridized carbons (Fsp3) is 0.0476. The Bertz CT molecular complexity index is 824. The summed E-state index contributed by atoms with van der Waals surface area (Å²) in [6.45, 7) is 3.57. The molecule has 1 amide bonds. The van der Waals surface area contributed by atoms with Crippen LogP contribution in [0.25, 0.3) is 6.08 Å². The molecule has 0 aliphatic carbocycles. The predicted molar refractivity (Wildman–Crippen MR) is 106 cm³/mol. The van der Waals surface area contributed by atoms with Gasteiger partial charge in [0.05, 0.1) is 0 Å². The Hall–Kier alpha value is -2.92. The second kappa shape index (κ2) is 10.2. The van der Waals surface area contributed by atoms with Crippen molar-refractivity contribution in [2.45, 2.75) is 0 Å². The highest BCUT2D eigenvalue weighted by Gasteiger charge is 2.14. The van der Waals surface area contributed by atoms with E-state index in [1.807, 2.05) is 36.4 Å². The van der Waals surface area contributed by atoms with Crippen LogP contribution in [0.3, 0.4) is 0 Å². The zero-order valence-electron chi connectivity index (χ0n) is 14.0. The highest BCUT2D eigenvalue weighted by molar-refractivity contribution is 9.10. The van der Waals surface area contributed by atoms with Crippen molar-refractivity contribution in [3.05, 3.63) is 101 Å². The summed E-state index contributed by atoms with van der Waals surface area (Å²) in [5.74, 6) is -1.03. The molecule has 1 N–H and O–H groups in total. The quantitative estimate of drug-likeness (QED) is 0.315. The van der Waals surface area contributed by atoms with Crippen LogP contribution in [0.15, 0.2) is 89.6 Å². The largest absolute Gasteiger partial charge is 0.457 e. The van der Waals surface area contributed by atoms with Crippen LogP contribution < -0.4 is 5.32 Å². The normalized spacial score (nSPS) is 11.2. The van der Waals surface area contributed by atoms with Crippen molar-refractivity contribution < 1.29 is 14.3 Å². The first-order valence-electron chi connectivity index (χ1n) is 7.88. The van der Waals surface area contributed by atoms with Gasteiger partial charge in [-0.1, -0.05) is 71.1 Å². The van der Waals surface area contributed by atoms with Gasteiger partial charge in [-0.05, 0) is 35.9 Å². The first-order chi connectivity index (χ1) is 12.6. The molecule has 4 nitrogen and oxygen atoms in total. The van der Waals surface area contributed by atoms with Crippen molar-refractivity contribution in [3.63, 3.8) is 0 Å². The van der Waals surface area contributed by atoms with E-state index in [1.54, 1.807) is 30.3 Å². The standard InChI is InChI=1S/C21H18BrNO3/c1-2-15-26-21(25)19(10-6-9-16-7-4-3-5-8-16)23-20(24)17-11-13-18(22)14-12-17/h2-14H,1,15H2,(H,23,24). The molecule has 0 bridgehead atoms. The molecule has 0 aromatic heterocycles. The lowest BCUT2D eigenvalue weighted by molar-refractivity contribution is -0.138. The average Bonchev–Trinajstić information content (AvgIpc) is 2.66. The fourth-order valence-electron chi connectivity index (χ4n) is 1.99. The minimum absolute atomic E-state index is 0.0481. The van der Waals surface area contributed by atoms with E-state index in [-0.39, 0.29) is 12.3 Å². The number of esters is 1. The third kappa shape index (κ3) is 6.18. The second-order valence-corrected chi connectivity index (χ2v) is 6.11. The SMILES string of the molecule is C=CCOC(=O)C(=CC=Cc1ccccc1)NC(=O)c1ccc(Br)cc1. The highest BCUT2D eigenvalue weighted by atomic mass is 79.9. The van der Waals surface area contributed by atoms with Crippen LogP contribution in [0, 0.1) is 0 Å². The topological polar surface area (TPSA) is 55.4 Å². The molecule has 132 valence electrons. The number of benzene rings is 2. The van der Waals surface area contributed by atoms with Crippen LogP contribution in [0.1, 0.15) is 15.9 Å². The zero-order chi connectivity index (χ0) is 18.8. The van der Waals surface area contributed by atoms with Gasteiger partial charge in [0.2, 0.25) is 0 Å². The van der Waals surface area contributed by atoms with Gasteiger partial charge in [-0.3, -0.25) is 4.79 Å². The maximum absolute atomic E-state index is 12.4. The van der Waals surface area contributed by atoms with E-state index in [4.69, 9.17) is 4.74 Å². The zero-order valence-corrected chi connectivity index (χ0v) is 15.6. The first-order valence-corrected chi connectivity index (χ1v) is 8.68. The molecule has 0 saturated heterocycles. The van der Waals surface area contributed by atoms with Gasteiger partial charge in [0.25, 0.3) is 5.91 Å². The number of hydrogen-bond donors (Lipinski definition) is 1. The van der Waals surface area contributed by atoms with E-state index in [2.05, 4.69) is 27.8 Å². The lowest BCUT2D eigenvalue weighted by atomic mass is 10.2. The molecule has 26 heavy (non-hydrogen) atoms. The number of carbonyl (C=O) groups is 2. The van der Waals surface area contributed by atoms with Gasteiger partial charge < -0.3 is 10.1 Å². The summed E-state index contributed by atoms with van der Waals surface area (Å²) in [5, 5.41) is 2.59. The first kappa shape index (κ1) is 19.4. The van der Waals surface area contributed by atoms with E-state index in [0.717, 1.165) is 10.0 Å². The molecule has 0 aliphatic heterocycles. The molecular weight excluding hydrogens is 394 g/mol. The summed E-state index contributed by atoms with van der Waals surface area (Å²) in [7, 11) is 0. The third-order valence-electron chi connectivity index (χ3n) is 3.26. The number of nitrogens with one attached hydrogen (secondary N) is 1. The van der Waals surface area contributed by atoms with Crippen molar-refractivity contribution in [3.8, 4) is 0 Å². The molecule has 0 unspecified atom stereocenters. The molecule has 0 fully saturated rings. The summed E-state index contributed by atoms with van der Waals surface area (Å²) in [4.78, 5) is 24.5. The minimum atomic E-state index is -0.631. The third-order valence-corrected chi connectivity index (χ3v) is 3.79. The highest BCUT2D eigenvalue weighted by Crippen LogP contribution is 2.11. The Kier molecular flexibility index (Phi) is 7.58. The van der Waals surface area contributed by atoms with Crippen LogP contribution >= 0.6 is 15.9 Å². The minimum Gasteiger partial charge on any atom is -0.457 e. The Balaban J connectivity index is 2.17. The van der Waals surface area contributed by atoms with Gasteiger partial charge in [-0.2, -0.15) is 0 Å². The monoisotopic (exact) mass is 411 g/mol. The number of ether oxygens (including phenoxy) is 1. The van der Waals surface area contributed by atoms with Crippen LogP contribution in [-0.2, 0) is 9.53 Å². The smallest absolute Gasteiger partial charge is 0.355 e. The van der Waals surface area contributed by atoms with Crippen LogP contribution in [0.4, 0.5) is 0 Å². The molecule has 2 rings (SSSR count). The van der Waals surface area contributed by atoms with Crippen molar-refractivity contribution in [1.29, 1.82) is 0 Å². The lowest BCUT2D eigenvalue weighted by Gasteiger charge is -2.09. The summed E-state index contributed by atoms with van der Waals surface area (Å²) < 4.78 is 5.89. The van der Waals surface area contributed by atoms with Crippen LogP contribution in [-0.4, -0.2) is 18.5 Å². The molecule has 2 aromatic carbocycles. The van der Waals surface area contributed by atoms with E-state index >= 15 is 0 Å². The molecule has 0 radical (unpaired) electrons. The van der Waals surface area contributed by atoms with Gasteiger partial charge in [-0.25, -0.2) is 4.79 Å². The molecule has 0 saturated carbocycles. The van der Waals surface area contributed by atoms with Crippen molar-refractivity contribution in [2.75, 3.05) is 6.61 Å². The predicted octanol–water partition coefficient (Wildman–Crippen LogP) is 4.51. The van der Waals surface area contributed by atoms with Crippen molar-refractivity contribution in [1.82, 2.24) is 5.32 Å². The number of amides is 1. The summed E-state index contributed by atoms with van der Waals surface area (Å²) in [5.41, 5.74) is 1.46. The Labute approximate surface area is 161 Å². The maximum Gasteiger partial charge on any atom is 0.355 e. The molecule has 0 spiro atoms. The van der Waals surface area contributed by atoms with Crippen molar-refractivity contribution >= 4 is 33.9 Å². The number of halogens is 1. The molecular formula is C21H18BrNO3. The van der Waals surface area contributed by atoms with E-state index in [0.29, 0.717) is 5.56 Å². The summed E-state index contributed by atoms with van der Waals surface area (Å²) in [6, 6.07) is 16.4. The Morgan fingerprint density at radius 3 is 2.42 bits per heavy atom. The van der Waals surface area contributed by atoms with E-state index in [1.165, 1.54) is 12.2 Å². The molecule has 0 heterocycles. The summed E-state index contributed by atoms with van der Waals surface area (Å²) >= 11 is 3.32. The maximum atomic E-state index is 12.4. The fourth-order valence-corrected chi connectivity index (χ4v) is 2.25. The number of hydrogen-bond acceptors (Lipinski definition) is 3. The molecule has 5 heteroatoms. The lowest BCUT2D eigenvalue weighted by Crippen LogP contribution is -2.28. The van der Waals surface area contributed by atoms with Crippen molar-refractivity contribution in [2.24, 2.45) is 0 Å². The number of carbonyl (C=O) groups excluding carboxylic acids is 2. The Morgan fingerprint density at radius 2 is 1.77 bits per heavy atom. The van der Waals surface area contributed by atoms with Gasteiger partial charge in [0.1, 0.15) is 12.3 Å². The summed E-state index contributed by atoms with van der Waals surface area (Å²) in [6.07, 6.45) is 6.48. The molecule has 0 aliphatic rings. The van der Waals surface area contributed by atoms with Gasteiger partial charge in [0, 0.05) is 10.0 Å².